The summed E-state index contributed by atoms with van der Waals surface area (Å²) in [6.07, 6.45) is 6.88. The number of fused-ring (bicyclic) bond motifs is 3. The number of rotatable bonds is 3. The predicted octanol–water partition coefficient (Wildman–Crippen LogP) is 5.07. The van der Waals surface area contributed by atoms with Crippen LogP contribution in [0, 0.1) is 25.3 Å². The van der Waals surface area contributed by atoms with Crippen molar-refractivity contribution in [1.82, 2.24) is 4.98 Å². The second-order valence-electron chi connectivity index (χ2n) is 8.78. The highest BCUT2D eigenvalue weighted by atomic mass is 16.5. The number of aryl methyl sites for hydroxylation is 2. The molecule has 2 aliphatic carbocycles. The van der Waals surface area contributed by atoms with Crippen molar-refractivity contribution in [2.75, 3.05) is 12.1 Å². The zero-order valence-electron chi connectivity index (χ0n) is 18.0. The average molecular weight is 415 g/mol. The maximum absolute atomic E-state index is 11.9. The van der Waals surface area contributed by atoms with Crippen LogP contribution >= 0.6 is 0 Å². The van der Waals surface area contributed by atoms with E-state index in [9.17, 15) is 4.79 Å². The molecule has 2 heterocycles. The standard InChI is InChI=1S/C25H26N4O2/c1-15-14-17(8-11-20(15)26-2)29-24(16-6-4-5-7-16)19-10-12-21-18(23(19)28-29)9-13-22(27-21)25(30)31-3/h8-9,11,13-14,16,19,24H,4-7,10,12H2,1,3H3. The molecule has 2 unspecified atom stereocenters. The number of carbonyl (C=O) groups excluding carboxylic acids is 1. The summed E-state index contributed by atoms with van der Waals surface area (Å²) in [6, 6.07) is 10.1. The molecule has 0 spiro atoms. The van der Waals surface area contributed by atoms with Crippen LogP contribution in [0.3, 0.4) is 0 Å². The second kappa shape index (κ2) is 7.81. The van der Waals surface area contributed by atoms with Gasteiger partial charge in [0, 0.05) is 11.5 Å². The molecule has 3 aliphatic rings. The lowest BCUT2D eigenvalue weighted by Gasteiger charge is -2.34. The van der Waals surface area contributed by atoms with E-state index in [0.717, 1.165) is 41.1 Å². The molecule has 1 aromatic carbocycles. The molecule has 2 atom stereocenters. The molecule has 1 fully saturated rings. The highest BCUT2D eigenvalue weighted by molar-refractivity contribution is 6.07. The summed E-state index contributed by atoms with van der Waals surface area (Å²) in [4.78, 5) is 20.1. The van der Waals surface area contributed by atoms with Crippen LogP contribution in [-0.2, 0) is 11.2 Å². The Morgan fingerprint density at radius 2 is 2.00 bits per heavy atom. The molecule has 1 aromatic heterocycles. The number of pyridine rings is 1. The first-order valence-electron chi connectivity index (χ1n) is 11.0. The summed E-state index contributed by atoms with van der Waals surface area (Å²) in [5.74, 6) is 0.581. The fourth-order valence-electron chi connectivity index (χ4n) is 5.55. The topological polar surface area (TPSA) is 59.2 Å². The smallest absolute Gasteiger partial charge is 0.356 e. The molecule has 0 radical (unpaired) electrons. The van der Waals surface area contributed by atoms with Gasteiger partial charge >= 0.3 is 5.97 Å². The zero-order chi connectivity index (χ0) is 21.5. The Kier molecular flexibility index (Phi) is 4.97. The Morgan fingerprint density at radius 1 is 1.19 bits per heavy atom. The van der Waals surface area contributed by atoms with Crippen molar-refractivity contribution in [1.29, 1.82) is 0 Å². The maximum Gasteiger partial charge on any atom is 0.356 e. The van der Waals surface area contributed by atoms with Crippen molar-refractivity contribution in [3.8, 4) is 0 Å². The fraction of sp³-hybridized carbons (Fsp3) is 0.440. The van der Waals surface area contributed by atoms with Crippen molar-refractivity contribution in [3.05, 3.63) is 64.3 Å². The first-order chi connectivity index (χ1) is 15.1. The summed E-state index contributed by atoms with van der Waals surface area (Å²) in [7, 11) is 1.38. The summed E-state index contributed by atoms with van der Waals surface area (Å²) >= 11 is 0. The van der Waals surface area contributed by atoms with Gasteiger partial charge in [0.05, 0.1) is 36.8 Å². The third-order valence-electron chi connectivity index (χ3n) is 7.05. The molecular formula is C25H26N4O2. The maximum atomic E-state index is 11.9. The van der Waals surface area contributed by atoms with E-state index in [4.69, 9.17) is 16.4 Å². The second-order valence-corrected chi connectivity index (χ2v) is 8.78. The number of aromatic nitrogens is 1. The minimum Gasteiger partial charge on any atom is -0.464 e. The largest absolute Gasteiger partial charge is 0.464 e. The Bertz CT molecular complexity index is 1110. The van der Waals surface area contributed by atoms with E-state index in [2.05, 4.69) is 20.9 Å². The summed E-state index contributed by atoms with van der Waals surface area (Å²) in [5, 5.41) is 7.38. The van der Waals surface area contributed by atoms with E-state index < -0.39 is 5.97 Å². The van der Waals surface area contributed by atoms with E-state index in [1.165, 1.54) is 32.8 Å². The lowest BCUT2D eigenvalue weighted by atomic mass is 9.76. The number of anilines is 1. The number of hydrogen-bond acceptors (Lipinski definition) is 5. The monoisotopic (exact) mass is 414 g/mol. The van der Waals surface area contributed by atoms with E-state index in [1.807, 2.05) is 25.1 Å². The fourth-order valence-corrected chi connectivity index (χ4v) is 5.55. The van der Waals surface area contributed by atoms with Gasteiger partial charge in [0.1, 0.15) is 5.69 Å². The highest BCUT2D eigenvalue weighted by Gasteiger charge is 2.45. The normalized spacial score (nSPS) is 22.5. The third-order valence-corrected chi connectivity index (χ3v) is 7.05. The quantitative estimate of drug-likeness (QED) is 0.520. The molecule has 1 aliphatic heterocycles. The molecule has 2 aromatic rings. The Labute approximate surface area is 182 Å². The van der Waals surface area contributed by atoms with Crippen LogP contribution in [0.5, 0.6) is 0 Å². The van der Waals surface area contributed by atoms with E-state index in [-0.39, 0.29) is 0 Å². The highest BCUT2D eigenvalue weighted by Crippen LogP contribution is 2.45. The van der Waals surface area contributed by atoms with Crippen LogP contribution in [0.2, 0.25) is 0 Å². The summed E-state index contributed by atoms with van der Waals surface area (Å²) < 4.78 is 4.84. The number of carbonyl (C=O) groups is 1. The number of hydrazone groups is 1. The number of esters is 1. The Balaban J connectivity index is 1.57. The molecule has 0 saturated heterocycles. The molecule has 31 heavy (non-hydrogen) atoms. The average Bonchev–Trinajstić information content (AvgIpc) is 3.45. The van der Waals surface area contributed by atoms with Gasteiger partial charge in [-0.15, -0.1) is 0 Å². The van der Waals surface area contributed by atoms with Gasteiger partial charge in [-0.3, -0.25) is 5.01 Å². The first-order valence-corrected chi connectivity index (χ1v) is 11.0. The molecule has 6 heteroatoms. The molecule has 5 rings (SSSR count). The van der Waals surface area contributed by atoms with Crippen LogP contribution < -0.4 is 5.01 Å². The van der Waals surface area contributed by atoms with Crippen molar-refractivity contribution < 1.29 is 9.53 Å². The van der Waals surface area contributed by atoms with Gasteiger partial charge in [-0.1, -0.05) is 18.9 Å². The van der Waals surface area contributed by atoms with Gasteiger partial charge in [-0.2, -0.15) is 5.10 Å². The zero-order valence-corrected chi connectivity index (χ0v) is 18.0. The number of nitrogens with zero attached hydrogens (tertiary/aromatic N) is 4. The molecule has 1 saturated carbocycles. The van der Waals surface area contributed by atoms with Crippen LogP contribution in [0.4, 0.5) is 11.4 Å². The van der Waals surface area contributed by atoms with Crippen LogP contribution in [0.1, 0.15) is 59.4 Å². The minimum absolute atomic E-state index is 0.337. The van der Waals surface area contributed by atoms with E-state index in [1.54, 1.807) is 6.07 Å². The van der Waals surface area contributed by atoms with Gasteiger partial charge < -0.3 is 4.74 Å². The molecule has 6 nitrogen and oxygen atoms in total. The predicted molar refractivity (Wildman–Crippen MR) is 120 cm³/mol. The Morgan fingerprint density at radius 3 is 2.71 bits per heavy atom. The summed E-state index contributed by atoms with van der Waals surface area (Å²) in [5.41, 5.74) is 6.17. The SMILES string of the molecule is [C-]#[N+]c1ccc(N2N=C3c4ccc(C(=O)OC)nc4CCC3C2C2CCCC2)cc1C. The molecule has 158 valence electrons. The van der Waals surface area contributed by atoms with Gasteiger partial charge in [-0.25, -0.2) is 14.6 Å². The van der Waals surface area contributed by atoms with Gasteiger partial charge in [0.15, 0.2) is 5.69 Å². The lowest BCUT2D eigenvalue weighted by molar-refractivity contribution is 0.0593. The molecule has 0 bridgehead atoms. The minimum atomic E-state index is -0.404. The Hall–Kier alpha value is -3.20. The van der Waals surface area contributed by atoms with E-state index in [0.29, 0.717) is 29.3 Å². The van der Waals surface area contributed by atoms with Crippen molar-refractivity contribution in [2.45, 2.75) is 51.5 Å². The molecule has 0 amide bonds. The number of ether oxygens (including phenoxy) is 1. The van der Waals surface area contributed by atoms with Crippen LogP contribution in [0.15, 0.2) is 35.4 Å². The summed E-state index contributed by atoms with van der Waals surface area (Å²) in [6.45, 7) is 9.35. The van der Waals surface area contributed by atoms with Gasteiger partial charge in [0.2, 0.25) is 0 Å². The first kappa shape index (κ1) is 19.7. The lowest BCUT2D eigenvalue weighted by Crippen LogP contribution is -2.40. The van der Waals surface area contributed by atoms with Gasteiger partial charge in [0.25, 0.3) is 0 Å². The van der Waals surface area contributed by atoms with Gasteiger partial charge in [-0.05, 0) is 68.4 Å². The van der Waals surface area contributed by atoms with Crippen molar-refractivity contribution >= 4 is 23.1 Å². The van der Waals surface area contributed by atoms with Crippen LogP contribution in [-0.4, -0.2) is 29.8 Å². The van der Waals surface area contributed by atoms with Crippen molar-refractivity contribution in [2.24, 2.45) is 16.9 Å². The molecule has 0 N–H and O–H groups in total. The third kappa shape index (κ3) is 3.29. The number of hydrogen-bond donors (Lipinski definition) is 0. The molecular weight excluding hydrogens is 388 g/mol. The number of benzene rings is 1. The number of methoxy groups -OCH3 is 1. The van der Waals surface area contributed by atoms with Crippen molar-refractivity contribution in [3.63, 3.8) is 0 Å². The van der Waals surface area contributed by atoms with E-state index >= 15 is 0 Å². The van der Waals surface area contributed by atoms with Crippen LogP contribution in [0.25, 0.3) is 4.85 Å².